The summed E-state index contributed by atoms with van der Waals surface area (Å²) < 4.78 is 5.49. The molecular weight excluding hydrogens is 378 g/mol. The van der Waals surface area contributed by atoms with Crippen molar-refractivity contribution in [3.05, 3.63) is 66.7 Å². The zero-order chi connectivity index (χ0) is 21.2. The average molecular weight is 408 g/mol. The minimum atomic E-state index is -0.197. The Labute approximate surface area is 177 Å². The highest BCUT2D eigenvalue weighted by atomic mass is 16.5. The topological polar surface area (TPSA) is 79.5 Å². The Morgan fingerprint density at radius 1 is 1.03 bits per heavy atom. The van der Waals surface area contributed by atoms with Gasteiger partial charge in [-0.2, -0.15) is 0 Å². The van der Waals surface area contributed by atoms with Crippen molar-refractivity contribution >= 4 is 23.2 Å². The summed E-state index contributed by atoms with van der Waals surface area (Å²) in [6.45, 7) is 4.15. The van der Waals surface area contributed by atoms with Crippen molar-refractivity contribution in [2.24, 2.45) is 0 Å². The van der Waals surface area contributed by atoms with E-state index in [1.165, 1.54) is 6.42 Å². The molecule has 0 bridgehead atoms. The lowest BCUT2D eigenvalue weighted by Gasteiger charge is -2.22. The van der Waals surface area contributed by atoms with Crippen LogP contribution in [0.15, 0.2) is 61.2 Å². The van der Waals surface area contributed by atoms with Crippen LogP contribution in [0, 0.1) is 0 Å². The zero-order valence-electron chi connectivity index (χ0n) is 17.2. The molecule has 0 unspecified atom stereocenters. The van der Waals surface area contributed by atoms with Crippen LogP contribution < -0.4 is 20.7 Å². The summed E-state index contributed by atoms with van der Waals surface area (Å²) in [6.07, 6.45) is 7.32. The second-order valence-electron chi connectivity index (χ2n) is 7.42. The van der Waals surface area contributed by atoms with Crippen molar-refractivity contribution in [2.75, 3.05) is 23.8 Å². The molecule has 0 spiro atoms. The van der Waals surface area contributed by atoms with Crippen LogP contribution in [-0.4, -0.2) is 31.0 Å². The maximum Gasteiger partial charge on any atom is 0.251 e. The van der Waals surface area contributed by atoms with E-state index in [0.717, 1.165) is 31.4 Å². The van der Waals surface area contributed by atoms with Crippen molar-refractivity contribution in [3.8, 4) is 5.75 Å². The molecule has 1 aliphatic carbocycles. The predicted octanol–water partition coefficient (Wildman–Crippen LogP) is 4.36. The van der Waals surface area contributed by atoms with Gasteiger partial charge in [0.2, 0.25) is 5.91 Å². The molecule has 1 saturated carbocycles. The first-order chi connectivity index (χ1) is 14.6. The van der Waals surface area contributed by atoms with Gasteiger partial charge >= 0.3 is 0 Å². The Morgan fingerprint density at radius 3 is 2.60 bits per heavy atom. The van der Waals surface area contributed by atoms with E-state index < -0.39 is 0 Å². The number of anilines is 2. The summed E-state index contributed by atoms with van der Waals surface area (Å²) in [5.41, 5.74) is 1.94. The molecule has 3 N–H and O–H groups in total. The molecule has 0 radical (unpaired) electrons. The molecule has 1 aliphatic rings. The Kier molecular flexibility index (Phi) is 7.89. The molecule has 1 fully saturated rings. The van der Waals surface area contributed by atoms with Gasteiger partial charge in [0.25, 0.3) is 5.91 Å². The van der Waals surface area contributed by atoms with Crippen LogP contribution in [0.5, 0.6) is 5.75 Å². The SMILES string of the molecule is C=CCOc1cccc(NCC(=O)Nc2cccc(C(=O)NC3CCCCC3)c2)c1. The van der Waals surface area contributed by atoms with Gasteiger partial charge in [0.05, 0.1) is 6.54 Å². The van der Waals surface area contributed by atoms with E-state index in [-0.39, 0.29) is 24.4 Å². The predicted molar refractivity (Wildman–Crippen MR) is 120 cm³/mol. The molecule has 0 saturated heterocycles. The lowest BCUT2D eigenvalue weighted by molar-refractivity contribution is -0.114. The molecule has 2 amide bonds. The van der Waals surface area contributed by atoms with Gasteiger partial charge in [-0.25, -0.2) is 0 Å². The molecule has 0 heterocycles. The zero-order valence-corrected chi connectivity index (χ0v) is 17.2. The molecule has 0 aromatic heterocycles. The van der Waals surface area contributed by atoms with Gasteiger partial charge in [0.1, 0.15) is 12.4 Å². The van der Waals surface area contributed by atoms with E-state index in [1.807, 2.05) is 24.3 Å². The molecule has 0 atom stereocenters. The maximum absolute atomic E-state index is 12.5. The van der Waals surface area contributed by atoms with Crippen LogP contribution in [0.1, 0.15) is 42.5 Å². The van der Waals surface area contributed by atoms with Crippen LogP contribution in [-0.2, 0) is 4.79 Å². The minimum Gasteiger partial charge on any atom is -0.489 e. The standard InChI is InChI=1S/C24H29N3O3/c1-2-14-30-22-13-7-11-20(16-22)25-17-23(28)26-21-12-6-8-18(15-21)24(29)27-19-9-4-3-5-10-19/h2,6-8,11-13,15-16,19,25H,1,3-5,9-10,14,17H2,(H,26,28)(H,27,29). The Bertz CT molecular complexity index is 876. The summed E-state index contributed by atoms with van der Waals surface area (Å²) in [5, 5.41) is 9.01. The van der Waals surface area contributed by atoms with Gasteiger partial charge in [-0.05, 0) is 43.2 Å². The van der Waals surface area contributed by atoms with Crippen LogP contribution in [0.4, 0.5) is 11.4 Å². The van der Waals surface area contributed by atoms with Crippen molar-refractivity contribution in [1.82, 2.24) is 5.32 Å². The van der Waals surface area contributed by atoms with Crippen LogP contribution in [0.3, 0.4) is 0 Å². The van der Waals surface area contributed by atoms with Crippen molar-refractivity contribution in [3.63, 3.8) is 0 Å². The fourth-order valence-electron chi connectivity index (χ4n) is 3.49. The highest BCUT2D eigenvalue weighted by Gasteiger charge is 2.17. The number of benzene rings is 2. The number of hydrogen-bond acceptors (Lipinski definition) is 4. The molecule has 3 rings (SSSR count). The number of carbonyl (C=O) groups is 2. The Morgan fingerprint density at radius 2 is 1.80 bits per heavy atom. The lowest BCUT2D eigenvalue weighted by Crippen LogP contribution is -2.36. The van der Waals surface area contributed by atoms with Crippen LogP contribution >= 0.6 is 0 Å². The van der Waals surface area contributed by atoms with Gasteiger partial charge < -0.3 is 20.7 Å². The maximum atomic E-state index is 12.5. The summed E-state index contributed by atoms with van der Waals surface area (Å²) in [5.74, 6) is 0.418. The molecule has 6 nitrogen and oxygen atoms in total. The second-order valence-corrected chi connectivity index (χ2v) is 7.42. The minimum absolute atomic E-state index is 0.0903. The van der Waals surface area contributed by atoms with E-state index in [9.17, 15) is 9.59 Å². The van der Waals surface area contributed by atoms with Gasteiger partial charge in [-0.15, -0.1) is 0 Å². The number of hydrogen-bond donors (Lipinski definition) is 3. The molecule has 6 heteroatoms. The molecule has 0 aliphatic heterocycles. The van der Waals surface area contributed by atoms with Gasteiger partial charge in [0.15, 0.2) is 0 Å². The second kappa shape index (κ2) is 11.0. The molecular formula is C24H29N3O3. The summed E-state index contributed by atoms with van der Waals surface area (Å²) in [4.78, 5) is 24.8. The van der Waals surface area contributed by atoms with Crippen molar-refractivity contribution in [1.29, 1.82) is 0 Å². The van der Waals surface area contributed by atoms with E-state index in [0.29, 0.717) is 23.6 Å². The number of nitrogens with one attached hydrogen (secondary N) is 3. The summed E-state index contributed by atoms with van der Waals surface area (Å²) >= 11 is 0. The Balaban J connectivity index is 1.51. The lowest BCUT2D eigenvalue weighted by atomic mass is 9.95. The fourth-order valence-corrected chi connectivity index (χ4v) is 3.49. The highest BCUT2D eigenvalue weighted by Crippen LogP contribution is 2.19. The quantitative estimate of drug-likeness (QED) is 0.540. The third-order valence-corrected chi connectivity index (χ3v) is 5.00. The number of amides is 2. The fraction of sp³-hybridized carbons (Fsp3) is 0.333. The smallest absolute Gasteiger partial charge is 0.251 e. The number of carbonyl (C=O) groups excluding carboxylic acids is 2. The number of rotatable bonds is 9. The van der Waals surface area contributed by atoms with Crippen molar-refractivity contribution < 1.29 is 14.3 Å². The summed E-state index contributed by atoms with van der Waals surface area (Å²) in [7, 11) is 0. The normalized spacial score (nSPS) is 13.9. The van der Waals surface area contributed by atoms with E-state index in [2.05, 4.69) is 22.5 Å². The highest BCUT2D eigenvalue weighted by molar-refractivity contribution is 5.98. The monoisotopic (exact) mass is 407 g/mol. The van der Waals surface area contributed by atoms with E-state index >= 15 is 0 Å². The van der Waals surface area contributed by atoms with Crippen molar-refractivity contribution in [2.45, 2.75) is 38.1 Å². The Hall–Kier alpha value is -3.28. The van der Waals surface area contributed by atoms with Gasteiger partial charge in [0, 0.05) is 29.0 Å². The van der Waals surface area contributed by atoms with Gasteiger partial charge in [-0.1, -0.05) is 44.1 Å². The molecule has 2 aromatic carbocycles. The largest absolute Gasteiger partial charge is 0.489 e. The van der Waals surface area contributed by atoms with E-state index in [1.54, 1.807) is 30.3 Å². The number of ether oxygens (including phenoxy) is 1. The van der Waals surface area contributed by atoms with Crippen LogP contribution in [0.2, 0.25) is 0 Å². The third kappa shape index (κ3) is 6.65. The first kappa shape index (κ1) is 21.4. The molecule has 2 aromatic rings. The molecule has 158 valence electrons. The molecule has 30 heavy (non-hydrogen) atoms. The average Bonchev–Trinajstić information content (AvgIpc) is 2.77. The first-order valence-electron chi connectivity index (χ1n) is 10.4. The van der Waals surface area contributed by atoms with Gasteiger partial charge in [-0.3, -0.25) is 9.59 Å². The van der Waals surface area contributed by atoms with Crippen LogP contribution in [0.25, 0.3) is 0 Å². The summed E-state index contributed by atoms with van der Waals surface area (Å²) in [6, 6.07) is 14.7. The van der Waals surface area contributed by atoms with E-state index in [4.69, 9.17) is 4.74 Å². The third-order valence-electron chi connectivity index (χ3n) is 5.00. The first-order valence-corrected chi connectivity index (χ1v) is 10.4.